The Morgan fingerprint density at radius 2 is 2.10 bits per heavy atom. The molecule has 1 saturated heterocycles. The Morgan fingerprint density at radius 3 is 2.81 bits per heavy atom. The fourth-order valence-electron chi connectivity index (χ4n) is 4.19. The van der Waals surface area contributed by atoms with E-state index in [1.54, 1.807) is 22.2 Å². The van der Waals surface area contributed by atoms with E-state index in [1.807, 2.05) is 48.5 Å². The number of hydrogen-bond acceptors (Lipinski definition) is 6. The van der Waals surface area contributed by atoms with E-state index in [9.17, 15) is 4.79 Å². The zero-order chi connectivity index (χ0) is 21.4. The van der Waals surface area contributed by atoms with Crippen molar-refractivity contribution in [2.45, 2.75) is 25.8 Å². The molecule has 158 valence electrons. The number of carbonyl (C=O) groups is 1. The highest BCUT2D eigenvalue weighted by Crippen LogP contribution is 2.35. The third-order valence-electron chi connectivity index (χ3n) is 5.76. The maximum atomic E-state index is 13.8. The van der Waals surface area contributed by atoms with Crippen LogP contribution in [0.4, 0.5) is 5.82 Å². The van der Waals surface area contributed by atoms with Gasteiger partial charge < -0.3 is 5.32 Å². The van der Waals surface area contributed by atoms with Crippen molar-refractivity contribution >= 4 is 33.1 Å². The molecular weight excluding hydrogens is 408 g/mol. The van der Waals surface area contributed by atoms with E-state index in [4.69, 9.17) is 4.98 Å². The third kappa shape index (κ3) is 3.73. The predicted octanol–water partition coefficient (Wildman–Crippen LogP) is 3.80. The number of hydrogen-bond donors (Lipinski definition) is 1. The Balaban J connectivity index is 1.55. The zero-order valence-electron chi connectivity index (χ0n) is 17.6. The first-order valence-electron chi connectivity index (χ1n) is 10.5. The van der Waals surface area contributed by atoms with Crippen molar-refractivity contribution in [2.75, 3.05) is 18.0 Å². The molecule has 0 aliphatic carbocycles. The number of aromatic nitrogens is 4. The molecule has 7 nitrogen and oxygen atoms in total. The number of benzene rings is 1. The van der Waals surface area contributed by atoms with Gasteiger partial charge in [0.15, 0.2) is 0 Å². The van der Waals surface area contributed by atoms with Crippen LogP contribution in [0.1, 0.15) is 28.8 Å². The van der Waals surface area contributed by atoms with Crippen LogP contribution in [0.5, 0.6) is 0 Å². The molecule has 1 atom stereocenters. The predicted molar refractivity (Wildman–Crippen MR) is 123 cm³/mol. The fraction of sp³-hybridized carbons (Fsp3) is 0.304. The molecule has 0 spiro atoms. The molecule has 1 fully saturated rings. The molecule has 4 heterocycles. The van der Waals surface area contributed by atoms with Crippen molar-refractivity contribution in [1.82, 2.24) is 25.3 Å². The Labute approximate surface area is 184 Å². The van der Waals surface area contributed by atoms with Crippen molar-refractivity contribution in [3.63, 3.8) is 0 Å². The summed E-state index contributed by atoms with van der Waals surface area (Å²) in [5, 5.41) is 14.8. The van der Waals surface area contributed by atoms with Gasteiger partial charge in [0.05, 0.1) is 12.2 Å². The zero-order valence-corrected chi connectivity index (χ0v) is 18.4. The van der Waals surface area contributed by atoms with E-state index in [2.05, 4.69) is 27.9 Å². The first kappa shape index (κ1) is 19.8. The second-order valence-corrected chi connectivity index (χ2v) is 8.87. The standard InChI is InChI=1S/C23H24N6OS/c1-15-14-31-20-9-11-25-22(21(15)20)29(18-4-3-10-24-12-18)23(30)17-7-5-16(6-8-17)19-13-28(2)27-26-19/h5-9,11,13-14,18,24H,3-4,10,12H2,1-2H3/t18-/m1/s1. The van der Waals surface area contributed by atoms with Gasteiger partial charge >= 0.3 is 0 Å². The van der Waals surface area contributed by atoms with Crippen LogP contribution in [0.2, 0.25) is 0 Å². The number of pyridine rings is 1. The van der Waals surface area contributed by atoms with Crippen LogP contribution in [0.25, 0.3) is 21.3 Å². The second-order valence-electron chi connectivity index (χ2n) is 7.96. The Kier molecular flexibility index (Phi) is 5.25. The number of carbonyl (C=O) groups excluding carboxylic acids is 1. The lowest BCUT2D eigenvalue weighted by atomic mass is 10.0. The summed E-state index contributed by atoms with van der Waals surface area (Å²) >= 11 is 1.69. The van der Waals surface area contributed by atoms with Gasteiger partial charge in [-0.25, -0.2) is 4.98 Å². The third-order valence-corrected chi connectivity index (χ3v) is 6.83. The van der Waals surface area contributed by atoms with Crippen molar-refractivity contribution in [2.24, 2.45) is 7.05 Å². The highest BCUT2D eigenvalue weighted by atomic mass is 32.1. The molecule has 0 unspecified atom stereocenters. The molecule has 5 rings (SSSR count). The van der Waals surface area contributed by atoms with E-state index in [0.29, 0.717) is 5.56 Å². The minimum absolute atomic E-state index is 0.0232. The van der Waals surface area contributed by atoms with Gasteiger partial charge in [-0.1, -0.05) is 17.3 Å². The van der Waals surface area contributed by atoms with E-state index >= 15 is 0 Å². The Bertz CT molecular complexity index is 1220. The number of nitrogens with one attached hydrogen (secondary N) is 1. The van der Waals surface area contributed by atoms with Gasteiger partial charge in [-0.05, 0) is 55.5 Å². The first-order chi connectivity index (χ1) is 15.1. The van der Waals surface area contributed by atoms with Crippen LogP contribution in [0.3, 0.4) is 0 Å². The summed E-state index contributed by atoms with van der Waals surface area (Å²) in [6, 6.07) is 9.69. The topological polar surface area (TPSA) is 75.9 Å². The second kappa shape index (κ2) is 8.20. The molecule has 1 amide bonds. The van der Waals surface area contributed by atoms with Crippen molar-refractivity contribution < 1.29 is 4.79 Å². The molecule has 31 heavy (non-hydrogen) atoms. The molecule has 3 aromatic heterocycles. The monoisotopic (exact) mass is 432 g/mol. The summed E-state index contributed by atoms with van der Waals surface area (Å²) in [5.41, 5.74) is 3.52. The summed E-state index contributed by atoms with van der Waals surface area (Å²) in [6.45, 7) is 3.84. The molecule has 4 aromatic rings. The number of thiophene rings is 1. The normalized spacial score (nSPS) is 16.5. The quantitative estimate of drug-likeness (QED) is 0.531. The largest absolute Gasteiger partial charge is 0.315 e. The summed E-state index contributed by atoms with van der Waals surface area (Å²) in [7, 11) is 1.84. The van der Waals surface area contributed by atoms with Crippen molar-refractivity contribution in [3.05, 3.63) is 59.2 Å². The molecule has 1 aliphatic heterocycles. The molecule has 1 N–H and O–H groups in total. The summed E-state index contributed by atoms with van der Waals surface area (Å²) in [6.07, 6.45) is 5.67. The van der Waals surface area contributed by atoms with E-state index in [0.717, 1.165) is 58.7 Å². The number of nitrogens with zero attached hydrogens (tertiary/aromatic N) is 5. The average molecular weight is 433 g/mol. The van der Waals surface area contributed by atoms with E-state index in [-0.39, 0.29) is 11.9 Å². The number of fused-ring (bicyclic) bond motifs is 1. The molecule has 1 aromatic carbocycles. The Hall–Kier alpha value is -3.10. The minimum Gasteiger partial charge on any atom is -0.315 e. The maximum Gasteiger partial charge on any atom is 0.259 e. The van der Waals surface area contributed by atoms with Crippen LogP contribution < -0.4 is 10.2 Å². The molecular formula is C23H24N6OS. The minimum atomic E-state index is -0.0232. The van der Waals surface area contributed by atoms with E-state index in [1.165, 1.54) is 0 Å². The number of piperidine rings is 1. The first-order valence-corrected chi connectivity index (χ1v) is 11.3. The number of aryl methyl sites for hydroxylation is 2. The van der Waals surface area contributed by atoms with Gasteiger partial charge in [0.1, 0.15) is 11.5 Å². The summed E-state index contributed by atoms with van der Waals surface area (Å²) < 4.78 is 2.82. The fourth-order valence-corrected chi connectivity index (χ4v) is 5.12. The van der Waals surface area contributed by atoms with Gasteiger partial charge in [0.25, 0.3) is 5.91 Å². The van der Waals surface area contributed by atoms with Crippen LogP contribution >= 0.6 is 11.3 Å². The smallest absolute Gasteiger partial charge is 0.259 e. The molecule has 0 saturated carbocycles. The Morgan fingerprint density at radius 1 is 1.26 bits per heavy atom. The van der Waals surface area contributed by atoms with Crippen LogP contribution in [0, 0.1) is 6.92 Å². The lowest BCUT2D eigenvalue weighted by Gasteiger charge is -2.34. The van der Waals surface area contributed by atoms with Crippen molar-refractivity contribution in [1.29, 1.82) is 0 Å². The van der Waals surface area contributed by atoms with Gasteiger partial charge in [0.2, 0.25) is 0 Å². The molecule has 1 aliphatic rings. The molecule has 0 bridgehead atoms. The molecule has 8 heteroatoms. The average Bonchev–Trinajstić information content (AvgIpc) is 3.41. The molecule has 0 radical (unpaired) electrons. The van der Waals surface area contributed by atoms with Gasteiger partial charge in [-0.15, -0.1) is 16.4 Å². The van der Waals surface area contributed by atoms with Crippen LogP contribution in [0.15, 0.2) is 48.1 Å². The van der Waals surface area contributed by atoms with Gasteiger partial charge in [-0.2, -0.15) is 0 Å². The van der Waals surface area contributed by atoms with Crippen molar-refractivity contribution in [3.8, 4) is 11.3 Å². The highest BCUT2D eigenvalue weighted by Gasteiger charge is 2.30. The number of amides is 1. The van der Waals surface area contributed by atoms with Gasteiger partial charge in [-0.3, -0.25) is 14.4 Å². The van der Waals surface area contributed by atoms with Crippen LogP contribution in [-0.2, 0) is 7.05 Å². The van der Waals surface area contributed by atoms with Crippen LogP contribution in [-0.4, -0.2) is 45.0 Å². The highest BCUT2D eigenvalue weighted by molar-refractivity contribution is 7.17. The summed E-state index contributed by atoms with van der Waals surface area (Å²) in [4.78, 5) is 20.4. The lowest BCUT2D eigenvalue weighted by Crippen LogP contribution is -2.49. The SMILES string of the molecule is Cc1csc2ccnc(N(C(=O)c3ccc(-c4cn(C)nn4)cc3)[C@@H]3CCCNC3)c12. The lowest BCUT2D eigenvalue weighted by molar-refractivity contribution is 0.0972. The maximum absolute atomic E-state index is 13.8. The number of rotatable bonds is 4. The summed E-state index contributed by atoms with van der Waals surface area (Å²) in [5.74, 6) is 0.734. The van der Waals surface area contributed by atoms with E-state index < -0.39 is 0 Å². The van der Waals surface area contributed by atoms with Gasteiger partial charge in [0, 0.05) is 41.0 Å². The number of anilines is 1.